The van der Waals surface area contributed by atoms with Crippen LogP contribution in [0.2, 0.25) is 0 Å². The number of hydrogen-bond donors (Lipinski definition) is 0. The zero-order chi connectivity index (χ0) is 9.03. The molecular weight excluding hydrogens is 152 g/mol. The molecule has 12 heavy (non-hydrogen) atoms. The number of ether oxygens (including phenoxy) is 1. The summed E-state index contributed by atoms with van der Waals surface area (Å²) >= 11 is 0. The summed E-state index contributed by atoms with van der Waals surface area (Å²) in [7, 11) is 0. The van der Waals surface area contributed by atoms with Gasteiger partial charge in [0.1, 0.15) is 5.60 Å². The average Bonchev–Trinajstić information content (AvgIpc) is 2.05. The molecule has 0 aromatic heterocycles. The lowest BCUT2D eigenvalue weighted by Gasteiger charge is -2.32. The van der Waals surface area contributed by atoms with Crippen molar-refractivity contribution < 1.29 is 9.53 Å². The van der Waals surface area contributed by atoms with Crippen molar-refractivity contribution in [1.29, 1.82) is 0 Å². The molecule has 2 nitrogen and oxygen atoms in total. The van der Waals surface area contributed by atoms with Crippen LogP contribution in [0.15, 0.2) is 12.2 Å². The summed E-state index contributed by atoms with van der Waals surface area (Å²) < 4.78 is 5.50. The number of hydrogen-bond acceptors (Lipinski definition) is 2. The summed E-state index contributed by atoms with van der Waals surface area (Å²) in [6.45, 7) is 6.45. The Balaban J connectivity index is 2.59. The first kappa shape index (κ1) is 9.46. The third-order valence-electron chi connectivity index (χ3n) is 2.20. The van der Waals surface area contributed by atoms with Crippen LogP contribution in [0.25, 0.3) is 0 Å². The lowest BCUT2D eigenvalue weighted by atomic mass is 9.89. The smallest absolute Gasteiger partial charge is 0.152 e. The molecule has 0 spiro atoms. The molecule has 1 rings (SSSR count). The fourth-order valence-corrected chi connectivity index (χ4v) is 1.66. The van der Waals surface area contributed by atoms with E-state index in [9.17, 15) is 4.79 Å². The van der Waals surface area contributed by atoms with Crippen LogP contribution in [0.1, 0.15) is 32.6 Å². The maximum absolute atomic E-state index is 10.9. The van der Waals surface area contributed by atoms with Crippen molar-refractivity contribution in [3.05, 3.63) is 12.2 Å². The molecule has 0 radical (unpaired) electrons. The molecule has 0 aromatic carbocycles. The fourth-order valence-electron chi connectivity index (χ4n) is 1.66. The van der Waals surface area contributed by atoms with Crippen molar-refractivity contribution in [2.45, 2.75) is 38.2 Å². The molecule has 1 aliphatic rings. The SMILES string of the molecule is C=C(C)CC1(C=O)CCCCO1. The largest absolute Gasteiger partial charge is 0.367 e. The molecule has 2 heteroatoms. The predicted molar refractivity (Wildman–Crippen MR) is 48.0 cm³/mol. The Bertz CT molecular complexity index is 178. The monoisotopic (exact) mass is 168 g/mol. The zero-order valence-corrected chi connectivity index (χ0v) is 7.64. The minimum absolute atomic E-state index is 0.538. The molecule has 1 fully saturated rings. The number of rotatable bonds is 3. The topological polar surface area (TPSA) is 26.3 Å². The van der Waals surface area contributed by atoms with Crippen molar-refractivity contribution >= 4 is 6.29 Å². The van der Waals surface area contributed by atoms with Crippen LogP contribution in [-0.2, 0) is 9.53 Å². The van der Waals surface area contributed by atoms with E-state index in [4.69, 9.17) is 4.74 Å². The molecule has 0 N–H and O–H groups in total. The highest BCUT2D eigenvalue weighted by Gasteiger charge is 2.32. The van der Waals surface area contributed by atoms with E-state index in [-0.39, 0.29) is 0 Å². The highest BCUT2D eigenvalue weighted by Crippen LogP contribution is 2.28. The Morgan fingerprint density at radius 1 is 1.67 bits per heavy atom. The van der Waals surface area contributed by atoms with E-state index in [1.165, 1.54) is 0 Å². The Morgan fingerprint density at radius 3 is 2.83 bits per heavy atom. The predicted octanol–water partition coefficient (Wildman–Crippen LogP) is 2.09. The summed E-state index contributed by atoms with van der Waals surface area (Å²) in [5.74, 6) is 0. The molecule has 0 aliphatic carbocycles. The fraction of sp³-hybridized carbons (Fsp3) is 0.700. The molecule has 0 amide bonds. The van der Waals surface area contributed by atoms with Gasteiger partial charge in [0.25, 0.3) is 0 Å². The van der Waals surface area contributed by atoms with Crippen molar-refractivity contribution in [2.24, 2.45) is 0 Å². The molecule has 0 aromatic rings. The summed E-state index contributed by atoms with van der Waals surface area (Å²) in [5, 5.41) is 0. The molecule has 1 unspecified atom stereocenters. The lowest BCUT2D eigenvalue weighted by Crippen LogP contribution is -2.38. The zero-order valence-electron chi connectivity index (χ0n) is 7.64. The molecule has 68 valence electrons. The van der Waals surface area contributed by atoms with Gasteiger partial charge < -0.3 is 9.53 Å². The van der Waals surface area contributed by atoms with Crippen LogP contribution in [0, 0.1) is 0 Å². The van der Waals surface area contributed by atoms with Crippen LogP contribution >= 0.6 is 0 Å². The van der Waals surface area contributed by atoms with E-state index >= 15 is 0 Å². The second-order valence-electron chi connectivity index (χ2n) is 3.62. The quantitative estimate of drug-likeness (QED) is 0.476. The highest BCUT2D eigenvalue weighted by molar-refractivity contribution is 5.63. The van der Waals surface area contributed by atoms with Crippen molar-refractivity contribution in [2.75, 3.05) is 6.61 Å². The van der Waals surface area contributed by atoms with Gasteiger partial charge in [-0.15, -0.1) is 6.58 Å². The maximum atomic E-state index is 10.9. The Hall–Kier alpha value is -0.630. The van der Waals surface area contributed by atoms with E-state index in [1.807, 2.05) is 6.92 Å². The first-order valence-electron chi connectivity index (χ1n) is 4.43. The molecule has 1 heterocycles. The minimum atomic E-state index is -0.538. The summed E-state index contributed by atoms with van der Waals surface area (Å²) in [6.07, 6.45) is 4.64. The Morgan fingerprint density at radius 2 is 2.42 bits per heavy atom. The van der Waals surface area contributed by atoms with Crippen molar-refractivity contribution in [3.8, 4) is 0 Å². The molecule has 0 bridgehead atoms. The standard InChI is InChI=1S/C10H16O2/c1-9(2)7-10(8-11)5-3-4-6-12-10/h8H,1,3-7H2,2H3. The van der Waals surface area contributed by atoms with Crippen LogP contribution in [0.3, 0.4) is 0 Å². The Labute approximate surface area is 73.6 Å². The van der Waals surface area contributed by atoms with Crippen molar-refractivity contribution in [1.82, 2.24) is 0 Å². The molecular formula is C10H16O2. The van der Waals surface area contributed by atoms with E-state index < -0.39 is 5.60 Å². The highest BCUT2D eigenvalue weighted by atomic mass is 16.5. The van der Waals surface area contributed by atoms with Gasteiger partial charge in [-0.1, -0.05) is 5.57 Å². The van der Waals surface area contributed by atoms with Gasteiger partial charge in [-0.2, -0.15) is 0 Å². The molecule has 1 aliphatic heterocycles. The third-order valence-corrected chi connectivity index (χ3v) is 2.20. The van der Waals surface area contributed by atoms with Gasteiger partial charge >= 0.3 is 0 Å². The summed E-state index contributed by atoms with van der Waals surface area (Å²) in [6, 6.07) is 0. The van der Waals surface area contributed by atoms with Gasteiger partial charge in [0.2, 0.25) is 0 Å². The Kier molecular flexibility index (Phi) is 3.04. The van der Waals surface area contributed by atoms with Crippen molar-refractivity contribution in [3.63, 3.8) is 0 Å². The first-order valence-corrected chi connectivity index (χ1v) is 4.43. The van der Waals surface area contributed by atoms with Crippen LogP contribution in [-0.4, -0.2) is 18.5 Å². The molecule has 1 atom stereocenters. The normalized spacial score (nSPS) is 29.8. The number of aldehydes is 1. The van der Waals surface area contributed by atoms with Gasteiger partial charge in [0.05, 0.1) is 0 Å². The molecule has 1 saturated heterocycles. The number of carbonyl (C=O) groups is 1. The average molecular weight is 168 g/mol. The maximum Gasteiger partial charge on any atom is 0.152 e. The van der Waals surface area contributed by atoms with Gasteiger partial charge in [0.15, 0.2) is 6.29 Å². The number of carbonyl (C=O) groups excluding carboxylic acids is 1. The summed E-state index contributed by atoms with van der Waals surface area (Å²) in [5.41, 5.74) is 0.480. The van der Waals surface area contributed by atoms with Gasteiger partial charge in [-0.25, -0.2) is 0 Å². The summed E-state index contributed by atoms with van der Waals surface area (Å²) in [4.78, 5) is 10.9. The minimum Gasteiger partial charge on any atom is -0.367 e. The van der Waals surface area contributed by atoms with Gasteiger partial charge in [-0.05, 0) is 26.2 Å². The van der Waals surface area contributed by atoms with E-state index in [0.717, 1.165) is 31.1 Å². The van der Waals surface area contributed by atoms with Gasteiger partial charge in [0, 0.05) is 13.0 Å². The lowest BCUT2D eigenvalue weighted by molar-refractivity contribution is -0.137. The van der Waals surface area contributed by atoms with E-state index in [2.05, 4.69) is 6.58 Å². The van der Waals surface area contributed by atoms with Crippen LogP contribution < -0.4 is 0 Å². The molecule has 0 saturated carbocycles. The first-order chi connectivity index (χ1) is 5.68. The second-order valence-corrected chi connectivity index (χ2v) is 3.62. The van der Waals surface area contributed by atoms with Crippen LogP contribution in [0.4, 0.5) is 0 Å². The van der Waals surface area contributed by atoms with E-state index in [0.29, 0.717) is 13.0 Å². The third kappa shape index (κ3) is 2.18. The van der Waals surface area contributed by atoms with Crippen LogP contribution in [0.5, 0.6) is 0 Å². The van der Waals surface area contributed by atoms with Gasteiger partial charge in [-0.3, -0.25) is 0 Å². The second kappa shape index (κ2) is 3.85. The van der Waals surface area contributed by atoms with E-state index in [1.54, 1.807) is 0 Å².